The number of methoxy groups -OCH3 is 1. The van der Waals surface area contributed by atoms with Crippen molar-refractivity contribution >= 4 is 31.6 Å². The second-order valence-electron chi connectivity index (χ2n) is 8.19. The van der Waals surface area contributed by atoms with Crippen LogP contribution in [0.5, 0.6) is 5.75 Å². The van der Waals surface area contributed by atoms with Gasteiger partial charge in [0.15, 0.2) is 0 Å². The fourth-order valence-electron chi connectivity index (χ4n) is 3.84. The van der Waals surface area contributed by atoms with Crippen LogP contribution < -0.4 is 14.8 Å². The normalized spacial score (nSPS) is 19.7. The van der Waals surface area contributed by atoms with Gasteiger partial charge in [-0.3, -0.25) is 4.79 Å². The lowest BCUT2D eigenvalue weighted by atomic mass is 10.0. The number of carbonyl (C=O) groups is 1. The number of amides is 1. The number of hydrogen-bond donors (Lipinski definition) is 2. The van der Waals surface area contributed by atoms with Gasteiger partial charge in [0.2, 0.25) is 26.0 Å². The van der Waals surface area contributed by atoms with Crippen LogP contribution in [-0.2, 0) is 24.8 Å². The van der Waals surface area contributed by atoms with Crippen LogP contribution in [0.1, 0.15) is 32.1 Å². The smallest absolute Gasteiger partial charge is 0.243 e. The number of piperidine rings is 1. The largest absolute Gasteiger partial charge is 0.495 e. The molecule has 0 aromatic heterocycles. The van der Waals surface area contributed by atoms with Gasteiger partial charge in [-0.1, -0.05) is 24.6 Å². The maximum absolute atomic E-state index is 13.2. The molecule has 1 saturated heterocycles. The highest BCUT2D eigenvalue weighted by atomic mass is 32.2. The zero-order valence-corrected chi connectivity index (χ0v) is 19.9. The van der Waals surface area contributed by atoms with Gasteiger partial charge in [-0.2, -0.15) is 4.31 Å². The van der Waals surface area contributed by atoms with E-state index in [4.69, 9.17) is 4.74 Å². The van der Waals surface area contributed by atoms with Gasteiger partial charge in [-0.15, -0.1) is 0 Å². The van der Waals surface area contributed by atoms with Crippen LogP contribution in [0.3, 0.4) is 0 Å². The van der Waals surface area contributed by atoms with Crippen LogP contribution in [0, 0.1) is 0 Å². The SMILES string of the molecule is COc1ccc(S(=O)(=O)NC2CC2)cc1NC(=O)C1CCCCN1S(=O)(=O)c1ccccc1. The van der Waals surface area contributed by atoms with E-state index in [1.807, 2.05) is 0 Å². The third-order valence-corrected chi connectivity index (χ3v) is 9.18. The summed E-state index contributed by atoms with van der Waals surface area (Å²) in [4.78, 5) is 13.4. The Kier molecular flexibility index (Phi) is 6.76. The topological polar surface area (TPSA) is 122 Å². The van der Waals surface area contributed by atoms with E-state index < -0.39 is 32.0 Å². The highest BCUT2D eigenvalue weighted by Crippen LogP contribution is 2.31. The number of ether oxygens (including phenoxy) is 1. The average Bonchev–Trinajstić information content (AvgIpc) is 3.63. The van der Waals surface area contributed by atoms with Gasteiger partial charge >= 0.3 is 0 Å². The van der Waals surface area contributed by atoms with Gasteiger partial charge in [0.1, 0.15) is 11.8 Å². The summed E-state index contributed by atoms with van der Waals surface area (Å²) in [6, 6.07) is 11.2. The minimum Gasteiger partial charge on any atom is -0.495 e. The van der Waals surface area contributed by atoms with E-state index >= 15 is 0 Å². The molecule has 178 valence electrons. The Labute approximate surface area is 194 Å². The van der Waals surface area contributed by atoms with Crippen LogP contribution in [0.25, 0.3) is 0 Å². The molecule has 1 heterocycles. The molecule has 1 aliphatic heterocycles. The predicted octanol–water partition coefficient (Wildman–Crippen LogP) is 2.32. The summed E-state index contributed by atoms with van der Waals surface area (Å²) in [6.07, 6.45) is 3.32. The first-order valence-electron chi connectivity index (χ1n) is 10.8. The summed E-state index contributed by atoms with van der Waals surface area (Å²) >= 11 is 0. The maximum atomic E-state index is 13.2. The molecule has 2 aromatic rings. The number of nitrogens with zero attached hydrogens (tertiary/aromatic N) is 1. The highest BCUT2D eigenvalue weighted by Gasteiger charge is 2.38. The lowest BCUT2D eigenvalue weighted by molar-refractivity contribution is -0.120. The zero-order valence-electron chi connectivity index (χ0n) is 18.2. The van der Waals surface area contributed by atoms with Gasteiger partial charge in [0.25, 0.3) is 0 Å². The summed E-state index contributed by atoms with van der Waals surface area (Å²) in [5, 5.41) is 2.70. The molecule has 1 unspecified atom stereocenters. The Hall–Kier alpha value is -2.47. The molecule has 9 nitrogen and oxygen atoms in total. The quantitative estimate of drug-likeness (QED) is 0.582. The van der Waals surface area contributed by atoms with E-state index in [1.165, 1.54) is 41.7 Å². The Balaban J connectivity index is 1.60. The first-order chi connectivity index (χ1) is 15.7. The lowest BCUT2D eigenvalue weighted by Gasteiger charge is -2.33. The van der Waals surface area contributed by atoms with E-state index in [9.17, 15) is 21.6 Å². The van der Waals surface area contributed by atoms with Crippen molar-refractivity contribution in [2.45, 2.75) is 54.0 Å². The van der Waals surface area contributed by atoms with E-state index in [-0.39, 0.29) is 33.8 Å². The Morgan fingerprint density at radius 3 is 2.36 bits per heavy atom. The summed E-state index contributed by atoms with van der Waals surface area (Å²) in [6.45, 7) is 0.228. The number of hydrogen-bond acceptors (Lipinski definition) is 6. The van der Waals surface area contributed by atoms with Crippen LogP contribution >= 0.6 is 0 Å². The first kappa shape index (κ1) is 23.7. The third kappa shape index (κ3) is 5.21. The van der Waals surface area contributed by atoms with Gasteiger partial charge in [0, 0.05) is 12.6 Å². The molecule has 2 aliphatic rings. The molecule has 1 aliphatic carbocycles. The summed E-state index contributed by atoms with van der Waals surface area (Å²) in [5.74, 6) is -0.251. The number of sulfonamides is 2. The second-order valence-corrected chi connectivity index (χ2v) is 11.8. The molecule has 2 aromatic carbocycles. The molecule has 1 amide bonds. The monoisotopic (exact) mass is 493 g/mol. The van der Waals surface area contributed by atoms with Crippen molar-refractivity contribution in [3.05, 3.63) is 48.5 Å². The standard InChI is InChI=1S/C22H27N3O6S2/c1-31-21-13-12-18(32(27,28)24-16-10-11-16)15-19(21)23-22(26)20-9-5-6-14-25(20)33(29,30)17-7-3-2-4-8-17/h2-4,7-8,12-13,15-16,20,24H,5-6,9-11,14H2,1H3,(H,23,26). The minimum atomic E-state index is -3.87. The van der Waals surface area contributed by atoms with Gasteiger partial charge in [-0.05, 0) is 56.0 Å². The number of carbonyl (C=O) groups excluding carboxylic acids is 1. The second kappa shape index (κ2) is 9.41. The summed E-state index contributed by atoms with van der Waals surface area (Å²) < 4.78 is 60.8. The molecule has 33 heavy (non-hydrogen) atoms. The Morgan fingerprint density at radius 1 is 0.970 bits per heavy atom. The predicted molar refractivity (Wildman–Crippen MR) is 123 cm³/mol. The number of anilines is 1. The van der Waals surface area contributed by atoms with Crippen molar-refractivity contribution in [3.8, 4) is 5.75 Å². The van der Waals surface area contributed by atoms with Gasteiger partial charge in [-0.25, -0.2) is 21.6 Å². The third-order valence-electron chi connectivity index (χ3n) is 5.74. The van der Waals surface area contributed by atoms with Gasteiger partial charge in [0.05, 0.1) is 22.6 Å². The van der Waals surface area contributed by atoms with E-state index in [1.54, 1.807) is 18.2 Å². The molecule has 4 rings (SSSR count). The fraction of sp³-hybridized carbons (Fsp3) is 0.409. The molecule has 11 heteroatoms. The van der Waals surface area contributed by atoms with Crippen LogP contribution in [0.4, 0.5) is 5.69 Å². The van der Waals surface area contributed by atoms with E-state index in [2.05, 4.69) is 10.0 Å². The molecule has 1 saturated carbocycles. The van der Waals surface area contributed by atoms with E-state index in [0.29, 0.717) is 19.3 Å². The van der Waals surface area contributed by atoms with Crippen molar-refractivity contribution < 1.29 is 26.4 Å². The van der Waals surface area contributed by atoms with Crippen molar-refractivity contribution in [3.63, 3.8) is 0 Å². The van der Waals surface area contributed by atoms with Crippen LogP contribution in [0.2, 0.25) is 0 Å². The molecule has 2 fully saturated rings. The van der Waals surface area contributed by atoms with Gasteiger partial charge < -0.3 is 10.1 Å². The molecule has 1 atom stereocenters. The number of benzene rings is 2. The van der Waals surface area contributed by atoms with Crippen molar-refractivity contribution in [1.29, 1.82) is 0 Å². The van der Waals surface area contributed by atoms with Crippen LogP contribution in [0.15, 0.2) is 58.3 Å². The average molecular weight is 494 g/mol. The van der Waals surface area contributed by atoms with Crippen molar-refractivity contribution in [1.82, 2.24) is 9.03 Å². The first-order valence-corrected chi connectivity index (χ1v) is 13.7. The molecule has 2 N–H and O–H groups in total. The molecular weight excluding hydrogens is 466 g/mol. The van der Waals surface area contributed by atoms with Crippen molar-refractivity contribution in [2.75, 3.05) is 19.0 Å². The molecular formula is C22H27N3O6S2. The Morgan fingerprint density at radius 2 is 1.70 bits per heavy atom. The highest BCUT2D eigenvalue weighted by molar-refractivity contribution is 7.89. The minimum absolute atomic E-state index is 0.00269. The molecule has 0 spiro atoms. The number of rotatable bonds is 8. The molecule has 0 bridgehead atoms. The van der Waals surface area contributed by atoms with Crippen LogP contribution in [-0.4, -0.2) is 52.8 Å². The van der Waals surface area contributed by atoms with E-state index in [0.717, 1.165) is 12.8 Å². The Bertz CT molecular complexity index is 1230. The molecule has 0 radical (unpaired) electrons. The lowest BCUT2D eigenvalue weighted by Crippen LogP contribution is -2.49. The zero-order chi connectivity index (χ0) is 23.6. The fourth-order valence-corrected chi connectivity index (χ4v) is 6.85. The maximum Gasteiger partial charge on any atom is 0.243 e. The summed E-state index contributed by atoms with van der Waals surface area (Å²) in [7, 11) is -6.19. The summed E-state index contributed by atoms with van der Waals surface area (Å²) in [5.41, 5.74) is 0.170. The number of nitrogens with one attached hydrogen (secondary N) is 2. The van der Waals surface area contributed by atoms with Crippen molar-refractivity contribution in [2.24, 2.45) is 0 Å².